The first-order valence-corrected chi connectivity index (χ1v) is 16.1. The van der Waals surface area contributed by atoms with Crippen LogP contribution in [0.4, 0.5) is 5.69 Å². The van der Waals surface area contributed by atoms with Gasteiger partial charge in [0.2, 0.25) is 17.7 Å². The lowest BCUT2D eigenvalue weighted by Gasteiger charge is -2.37. The first kappa shape index (κ1) is 32.4. The average Bonchev–Trinajstić information content (AvgIpc) is 3.69. The Balaban J connectivity index is 1.48. The summed E-state index contributed by atoms with van der Waals surface area (Å²) in [6.45, 7) is 11.6. The van der Waals surface area contributed by atoms with Crippen molar-refractivity contribution in [1.82, 2.24) is 9.80 Å². The molecule has 3 heterocycles. The normalized spacial score (nSPS) is 24.8. The number of carbonyl (C=O) groups excluding carboxylic acids is 3. The Labute approximate surface area is 266 Å². The highest BCUT2D eigenvalue weighted by atomic mass is 16.5. The maximum atomic E-state index is 14.6. The Morgan fingerprint density at radius 2 is 1.78 bits per heavy atom. The topological polar surface area (TPSA) is 99.6 Å². The lowest BCUT2D eigenvalue weighted by Crippen LogP contribution is -2.56. The van der Waals surface area contributed by atoms with Crippen molar-refractivity contribution in [2.45, 2.75) is 63.3 Å². The number of hydrogen-bond donors (Lipinski definition) is 1. The number of likely N-dealkylation sites (tertiary alicyclic amines) is 1. The van der Waals surface area contributed by atoms with Crippen LogP contribution in [-0.2, 0) is 25.7 Å². The number of nitrogens with zero attached hydrogens (tertiary/aromatic N) is 3. The van der Waals surface area contributed by atoms with Crippen LogP contribution < -0.4 is 9.64 Å². The predicted molar refractivity (Wildman–Crippen MR) is 172 cm³/mol. The Kier molecular flexibility index (Phi) is 10.4. The molecule has 5 atom stereocenters. The number of unbranched alkanes of at least 4 members (excludes halogenated alkanes) is 2. The molecule has 45 heavy (non-hydrogen) atoms. The zero-order valence-electron chi connectivity index (χ0n) is 26.2. The number of anilines is 1. The minimum atomic E-state index is -1.09. The number of aliphatic hydroxyl groups is 1. The van der Waals surface area contributed by atoms with Gasteiger partial charge in [-0.05, 0) is 68.9 Å². The molecule has 9 nitrogen and oxygen atoms in total. The van der Waals surface area contributed by atoms with Gasteiger partial charge in [-0.15, -0.1) is 13.2 Å². The third-order valence-electron chi connectivity index (χ3n) is 9.29. The summed E-state index contributed by atoms with van der Waals surface area (Å²) in [6.07, 6.45) is 5.99. The van der Waals surface area contributed by atoms with E-state index in [1.54, 1.807) is 26.9 Å². The van der Waals surface area contributed by atoms with Crippen LogP contribution in [0, 0.1) is 11.8 Å². The third-order valence-corrected chi connectivity index (χ3v) is 9.29. The summed E-state index contributed by atoms with van der Waals surface area (Å²) in [6, 6.07) is 16.2. The van der Waals surface area contributed by atoms with Gasteiger partial charge in [-0.2, -0.15) is 0 Å². The van der Waals surface area contributed by atoms with E-state index < -0.39 is 29.6 Å². The second-order valence-electron chi connectivity index (χ2n) is 12.0. The van der Waals surface area contributed by atoms with E-state index >= 15 is 0 Å². The second kappa shape index (κ2) is 14.4. The molecular weight excluding hydrogens is 570 g/mol. The van der Waals surface area contributed by atoms with Gasteiger partial charge < -0.3 is 29.3 Å². The van der Waals surface area contributed by atoms with Crippen LogP contribution in [0.2, 0.25) is 0 Å². The Morgan fingerprint density at radius 1 is 1.04 bits per heavy atom. The molecule has 2 aromatic rings. The molecule has 2 unspecified atom stereocenters. The fourth-order valence-electron chi connectivity index (χ4n) is 7.41. The average molecular weight is 616 g/mol. The van der Waals surface area contributed by atoms with Gasteiger partial charge in [0.15, 0.2) is 0 Å². The smallest absolute Gasteiger partial charge is 0.248 e. The van der Waals surface area contributed by atoms with E-state index in [4.69, 9.17) is 9.47 Å². The van der Waals surface area contributed by atoms with E-state index in [2.05, 4.69) is 13.2 Å². The molecule has 1 N–H and O–H groups in total. The van der Waals surface area contributed by atoms with Gasteiger partial charge in [-0.25, -0.2) is 0 Å². The summed E-state index contributed by atoms with van der Waals surface area (Å²) in [7, 11) is 0. The number of aliphatic hydroxyl groups excluding tert-OH is 1. The molecule has 2 aromatic carbocycles. The molecule has 0 aromatic heterocycles. The summed E-state index contributed by atoms with van der Waals surface area (Å²) in [5.41, 5.74) is 0.560. The van der Waals surface area contributed by atoms with E-state index in [1.807, 2.05) is 61.5 Å². The molecular formula is C36H45N3O6. The third kappa shape index (κ3) is 6.29. The van der Waals surface area contributed by atoms with Crippen LogP contribution in [0.25, 0.3) is 0 Å². The van der Waals surface area contributed by atoms with Crippen LogP contribution in [0.5, 0.6) is 5.75 Å². The van der Waals surface area contributed by atoms with Gasteiger partial charge in [0.1, 0.15) is 17.4 Å². The minimum absolute atomic E-state index is 0.0686. The van der Waals surface area contributed by atoms with Crippen molar-refractivity contribution in [2.75, 3.05) is 37.7 Å². The van der Waals surface area contributed by atoms with Crippen LogP contribution in [0.15, 0.2) is 79.9 Å². The number of carbonyl (C=O) groups is 3. The molecule has 3 fully saturated rings. The van der Waals surface area contributed by atoms with Crippen molar-refractivity contribution in [3.63, 3.8) is 0 Å². The Morgan fingerprint density at radius 3 is 2.44 bits per heavy atom. The van der Waals surface area contributed by atoms with E-state index in [1.165, 1.54) is 0 Å². The zero-order valence-corrected chi connectivity index (χ0v) is 26.2. The number of benzene rings is 2. The highest BCUT2D eigenvalue weighted by Gasteiger charge is 2.74. The molecule has 3 aliphatic rings. The summed E-state index contributed by atoms with van der Waals surface area (Å²) >= 11 is 0. The number of hydrogen-bond acceptors (Lipinski definition) is 6. The van der Waals surface area contributed by atoms with Gasteiger partial charge in [-0.3, -0.25) is 14.4 Å². The van der Waals surface area contributed by atoms with Crippen molar-refractivity contribution < 1.29 is 29.0 Å². The highest BCUT2D eigenvalue weighted by molar-refractivity contribution is 6.03. The van der Waals surface area contributed by atoms with Gasteiger partial charge in [-0.1, -0.05) is 42.5 Å². The van der Waals surface area contributed by atoms with Crippen LogP contribution >= 0.6 is 0 Å². The quantitative estimate of drug-likeness (QED) is 0.223. The zero-order chi connectivity index (χ0) is 32.0. The minimum Gasteiger partial charge on any atom is -0.494 e. The number of ether oxygens (including phenoxy) is 2. The van der Waals surface area contributed by atoms with E-state index in [-0.39, 0.29) is 30.9 Å². The Bertz CT molecular complexity index is 1360. The number of amides is 3. The lowest BCUT2D eigenvalue weighted by molar-refractivity contribution is -0.148. The molecule has 9 heteroatoms. The summed E-state index contributed by atoms with van der Waals surface area (Å²) in [5, 5.41) is 9.34. The van der Waals surface area contributed by atoms with E-state index in [9.17, 15) is 19.5 Å². The van der Waals surface area contributed by atoms with Crippen LogP contribution in [-0.4, -0.2) is 83.2 Å². The molecule has 2 bridgehead atoms. The summed E-state index contributed by atoms with van der Waals surface area (Å²) < 4.78 is 12.3. The molecule has 0 aliphatic carbocycles. The van der Waals surface area contributed by atoms with Gasteiger partial charge in [0.25, 0.3) is 0 Å². The second-order valence-corrected chi connectivity index (χ2v) is 12.0. The molecule has 0 radical (unpaired) electrons. The maximum Gasteiger partial charge on any atom is 0.248 e. The molecule has 5 rings (SSSR count). The van der Waals surface area contributed by atoms with Gasteiger partial charge in [0.05, 0.1) is 24.5 Å². The molecule has 240 valence electrons. The van der Waals surface area contributed by atoms with Gasteiger partial charge >= 0.3 is 0 Å². The van der Waals surface area contributed by atoms with Gasteiger partial charge in [0, 0.05) is 38.5 Å². The molecule has 3 amide bonds. The maximum absolute atomic E-state index is 14.6. The molecule has 1 spiro atoms. The monoisotopic (exact) mass is 615 g/mol. The largest absolute Gasteiger partial charge is 0.494 e. The summed E-state index contributed by atoms with van der Waals surface area (Å²) in [4.78, 5) is 48.5. The Hall–Kier alpha value is -3.95. The molecule has 0 saturated carbocycles. The van der Waals surface area contributed by atoms with E-state index in [0.717, 1.165) is 12.0 Å². The molecule has 3 saturated heterocycles. The first-order chi connectivity index (χ1) is 21.9. The summed E-state index contributed by atoms with van der Waals surface area (Å²) in [5.74, 6) is -1.39. The fourth-order valence-corrected chi connectivity index (χ4v) is 7.41. The van der Waals surface area contributed by atoms with Crippen molar-refractivity contribution in [2.24, 2.45) is 11.8 Å². The van der Waals surface area contributed by atoms with Crippen molar-refractivity contribution in [3.05, 3.63) is 85.5 Å². The van der Waals surface area contributed by atoms with Crippen LogP contribution in [0.3, 0.4) is 0 Å². The van der Waals surface area contributed by atoms with Crippen molar-refractivity contribution in [3.8, 4) is 5.75 Å². The van der Waals surface area contributed by atoms with E-state index in [0.29, 0.717) is 63.4 Å². The lowest BCUT2D eigenvalue weighted by atomic mass is 9.70. The first-order valence-electron chi connectivity index (χ1n) is 16.1. The fraction of sp³-hybridized carbons (Fsp3) is 0.472. The van der Waals surface area contributed by atoms with Crippen LogP contribution in [0.1, 0.15) is 44.6 Å². The highest BCUT2D eigenvalue weighted by Crippen LogP contribution is 2.59. The van der Waals surface area contributed by atoms with Crippen molar-refractivity contribution in [1.29, 1.82) is 0 Å². The molecule has 3 aliphatic heterocycles. The standard InChI is InChI=1S/C36H45N3O6/c1-4-21-37(25-26-13-9-7-10-14-26)35(43)32-36-20-19-29(45-36)30(31(36)34(42)39(32)23-11-8-12-24-40)33(41)38(22-5-2)27-15-17-28(18-16-27)44-6-3/h4-5,7,9-10,13-18,29-32,40H,1-2,6,8,11-12,19-25H2,3H3/t29-,30+,31+,32?,36?/m1/s1. The SMILES string of the molecule is C=CCN(Cc1ccccc1)C(=O)C1N(CCCCCO)C(=O)[C@@H]2[C@@H](C(=O)N(CC=C)c3ccc(OCC)cc3)[C@H]3CCC12O3. The van der Waals surface area contributed by atoms with Crippen molar-refractivity contribution >= 4 is 23.4 Å². The predicted octanol–water partition coefficient (Wildman–Crippen LogP) is 4.36. The number of fused-ring (bicyclic) bond motifs is 1. The number of rotatable bonds is 16.